The number of nitrogens with one attached hydrogen (secondary N) is 1. The zero-order chi connectivity index (χ0) is 22.4. The molecule has 1 aromatic carbocycles. The fraction of sp³-hybridized carbons (Fsp3) is 0.500. The van der Waals surface area contributed by atoms with E-state index in [1.54, 1.807) is 6.07 Å². The molecule has 2 N–H and O–H groups in total. The second-order valence-electron chi connectivity index (χ2n) is 7.56. The third-order valence-corrected chi connectivity index (χ3v) is 5.48. The summed E-state index contributed by atoms with van der Waals surface area (Å²) < 4.78 is 26.8. The summed E-state index contributed by atoms with van der Waals surface area (Å²) in [5, 5.41) is 13.3. The quantitative estimate of drug-likeness (QED) is 0.508. The number of aromatic hydroxyl groups is 1. The Bertz CT molecular complexity index is 973. The highest BCUT2D eigenvalue weighted by atomic mass is 16.7. The van der Waals surface area contributed by atoms with Crippen LogP contribution >= 0.6 is 0 Å². The van der Waals surface area contributed by atoms with E-state index in [0.717, 1.165) is 0 Å². The lowest BCUT2D eigenvalue weighted by molar-refractivity contribution is -0.194. The molecule has 0 unspecified atom stereocenters. The molecule has 0 bridgehead atoms. The van der Waals surface area contributed by atoms with Gasteiger partial charge in [0.1, 0.15) is 6.10 Å². The van der Waals surface area contributed by atoms with Gasteiger partial charge in [0.15, 0.2) is 23.7 Å². The summed E-state index contributed by atoms with van der Waals surface area (Å²) in [5.41, 5.74) is 0.422. The number of phenols is 1. The summed E-state index contributed by atoms with van der Waals surface area (Å²) in [6.07, 6.45) is -3.08. The van der Waals surface area contributed by atoms with Gasteiger partial charge in [-0.05, 0) is 18.1 Å². The van der Waals surface area contributed by atoms with Crippen molar-refractivity contribution in [3.8, 4) is 17.2 Å². The lowest BCUT2D eigenvalue weighted by atomic mass is 9.71. The minimum absolute atomic E-state index is 0.000383. The summed E-state index contributed by atoms with van der Waals surface area (Å²) in [5.74, 6) is -3.15. The molecule has 0 aromatic heterocycles. The highest BCUT2D eigenvalue weighted by Crippen LogP contribution is 2.50. The van der Waals surface area contributed by atoms with Crippen molar-refractivity contribution >= 4 is 23.8 Å². The number of fused-ring (bicyclic) bond motifs is 4. The average Bonchev–Trinajstić information content (AvgIpc) is 3.13. The molecule has 11 heteroatoms. The third kappa shape index (κ3) is 3.60. The van der Waals surface area contributed by atoms with Crippen molar-refractivity contribution in [1.29, 1.82) is 0 Å². The molecular formula is C20H21NO10. The highest BCUT2D eigenvalue weighted by Gasteiger charge is 2.54. The normalized spacial score (nSPS) is 28.0. The molecule has 0 radical (unpaired) electrons. The van der Waals surface area contributed by atoms with Crippen LogP contribution in [-0.2, 0) is 28.6 Å². The van der Waals surface area contributed by atoms with Gasteiger partial charge in [-0.3, -0.25) is 19.2 Å². The van der Waals surface area contributed by atoms with Crippen molar-refractivity contribution in [1.82, 2.24) is 5.32 Å². The SMILES string of the molecule is CC(=O)O[C@H]1[C@@H]2NC(=O)c3c(cc4c(c3O)OCO4)[C@H]2C[C@H](OC(C)=O)[C@H]1OC(C)=O. The second kappa shape index (κ2) is 7.64. The van der Waals surface area contributed by atoms with Crippen LogP contribution in [-0.4, -0.2) is 60.1 Å². The number of hydrogen-bond acceptors (Lipinski definition) is 10. The van der Waals surface area contributed by atoms with Crippen molar-refractivity contribution in [2.24, 2.45) is 0 Å². The molecule has 3 aliphatic rings. The van der Waals surface area contributed by atoms with E-state index in [-0.39, 0.29) is 36.0 Å². The first-order valence-corrected chi connectivity index (χ1v) is 9.65. The molecular weight excluding hydrogens is 414 g/mol. The molecule has 1 aliphatic carbocycles. The predicted octanol–water partition coefficient (Wildman–Crippen LogP) is 0.515. The summed E-state index contributed by atoms with van der Waals surface area (Å²) in [7, 11) is 0. The standard InChI is InChI=1S/C20H21NO10/c1-7(22)29-13-5-11-10-4-12-17(28-6-27-12)16(25)14(10)20(26)21-15(11)19(31-9(3)24)18(13)30-8(2)23/h4,11,13,15,18-19,25H,5-6H2,1-3H3,(H,21,26)/t11-,13+,15-,18-,19+/m1/s1. The molecule has 2 aliphatic heterocycles. The van der Waals surface area contributed by atoms with Crippen LogP contribution in [0.5, 0.6) is 17.2 Å². The molecule has 4 rings (SSSR count). The molecule has 1 fully saturated rings. The van der Waals surface area contributed by atoms with Crippen LogP contribution < -0.4 is 14.8 Å². The number of amides is 1. The van der Waals surface area contributed by atoms with Crippen LogP contribution in [0.3, 0.4) is 0 Å². The van der Waals surface area contributed by atoms with Gasteiger partial charge in [0.05, 0.1) is 11.6 Å². The van der Waals surface area contributed by atoms with E-state index in [4.69, 9.17) is 23.7 Å². The van der Waals surface area contributed by atoms with Gasteiger partial charge in [0, 0.05) is 26.7 Å². The number of benzene rings is 1. The number of phenolic OH excluding ortho intramolecular Hbond substituents is 1. The van der Waals surface area contributed by atoms with E-state index in [0.29, 0.717) is 5.56 Å². The van der Waals surface area contributed by atoms with E-state index >= 15 is 0 Å². The Labute approximate surface area is 176 Å². The summed E-state index contributed by atoms with van der Waals surface area (Å²) >= 11 is 0. The molecule has 11 nitrogen and oxygen atoms in total. The average molecular weight is 435 g/mol. The Morgan fingerprint density at radius 3 is 2.32 bits per heavy atom. The predicted molar refractivity (Wildman–Crippen MR) is 99.5 cm³/mol. The Hall–Kier alpha value is -3.50. The molecule has 0 spiro atoms. The number of esters is 3. The number of ether oxygens (including phenoxy) is 5. The van der Waals surface area contributed by atoms with Crippen LogP contribution in [0.25, 0.3) is 0 Å². The van der Waals surface area contributed by atoms with Crippen LogP contribution in [0.1, 0.15) is 49.0 Å². The van der Waals surface area contributed by atoms with Gasteiger partial charge >= 0.3 is 17.9 Å². The van der Waals surface area contributed by atoms with Gasteiger partial charge in [-0.15, -0.1) is 0 Å². The minimum atomic E-state index is -1.13. The first kappa shape index (κ1) is 20.8. The molecule has 5 atom stereocenters. The van der Waals surface area contributed by atoms with Crippen molar-refractivity contribution in [3.63, 3.8) is 0 Å². The number of carbonyl (C=O) groups is 4. The van der Waals surface area contributed by atoms with Gasteiger partial charge < -0.3 is 34.1 Å². The van der Waals surface area contributed by atoms with Gasteiger partial charge in [-0.2, -0.15) is 0 Å². The monoisotopic (exact) mass is 435 g/mol. The summed E-state index contributed by atoms with van der Waals surface area (Å²) in [4.78, 5) is 48.1. The maximum Gasteiger partial charge on any atom is 0.303 e. The Kier molecular flexibility index (Phi) is 5.11. The molecule has 1 aromatic rings. The molecule has 31 heavy (non-hydrogen) atoms. The van der Waals surface area contributed by atoms with Gasteiger partial charge in [0.25, 0.3) is 5.91 Å². The first-order valence-electron chi connectivity index (χ1n) is 9.65. The van der Waals surface area contributed by atoms with Crippen molar-refractivity contribution in [2.75, 3.05) is 6.79 Å². The van der Waals surface area contributed by atoms with E-state index in [2.05, 4.69) is 5.32 Å². The van der Waals surface area contributed by atoms with Gasteiger partial charge in [0.2, 0.25) is 12.5 Å². The first-order chi connectivity index (χ1) is 14.7. The maximum atomic E-state index is 12.9. The molecule has 2 heterocycles. The van der Waals surface area contributed by atoms with Crippen molar-refractivity contribution < 1.29 is 48.0 Å². The fourth-order valence-electron chi connectivity index (χ4n) is 4.47. The summed E-state index contributed by atoms with van der Waals surface area (Å²) in [6, 6.07) is 0.773. The smallest absolute Gasteiger partial charge is 0.303 e. The zero-order valence-corrected chi connectivity index (χ0v) is 17.0. The number of hydrogen-bond donors (Lipinski definition) is 2. The molecule has 166 valence electrons. The van der Waals surface area contributed by atoms with Crippen LogP contribution in [0.2, 0.25) is 0 Å². The highest BCUT2D eigenvalue weighted by molar-refractivity contribution is 6.01. The molecule has 1 amide bonds. The zero-order valence-electron chi connectivity index (χ0n) is 17.0. The van der Waals surface area contributed by atoms with E-state index in [1.165, 1.54) is 20.8 Å². The van der Waals surface area contributed by atoms with E-state index < -0.39 is 54.1 Å². The largest absolute Gasteiger partial charge is 0.504 e. The Morgan fingerprint density at radius 1 is 1.03 bits per heavy atom. The van der Waals surface area contributed by atoms with Gasteiger partial charge in [-0.1, -0.05) is 0 Å². The topological polar surface area (TPSA) is 147 Å². The number of rotatable bonds is 3. The fourth-order valence-corrected chi connectivity index (χ4v) is 4.47. The number of carbonyl (C=O) groups excluding carboxylic acids is 4. The Morgan fingerprint density at radius 2 is 1.68 bits per heavy atom. The van der Waals surface area contributed by atoms with E-state index in [1.807, 2.05) is 0 Å². The lowest BCUT2D eigenvalue weighted by Crippen LogP contribution is -2.63. The Balaban J connectivity index is 1.82. The summed E-state index contributed by atoms with van der Waals surface area (Å²) in [6.45, 7) is 3.45. The van der Waals surface area contributed by atoms with Crippen LogP contribution in [0, 0.1) is 0 Å². The van der Waals surface area contributed by atoms with Gasteiger partial charge in [-0.25, -0.2) is 0 Å². The van der Waals surface area contributed by atoms with Crippen LogP contribution in [0.15, 0.2) is 6.07 Å². The van der Waals surface area contributed by atoms with Crippen molar-refractivity contribution in [2.45, 2.75) is 57.5 Å². The second-order valence-corrected chi connectivity index (χ2v) is 7.56. The lowest BCUT2D eigenvalue weighted by Gasteiger charge is -2.47. The van der Waals surface area contributed by atoms with Crippen molar-refractivity contribution in [3.05, 3.63) is 17.2 Å². The van der Waals surface area contributed by atoms with E-state index in [9.17, 15) is 24.3 Å². The molecule has 1 saturated carbocycles. The van der Waals surface area contributed by atoms with Crippen LogP contribution in [0.4, 0.5) is 0 Å². The maximum absolute atomic E-state index is 12.9. The minimum Gasteiger partial charge on any atom is -0.504 e. The third-order valence-electron chi connectivity index (χ3n) is 5.48. The molecule has 0 saturated heterocycles.